The molecule has 0 spiro atoms. The zero-order valence-corrected chi connectivity index (χ0v) is 8.73. The number of hydrogen-bond donors (Lipinski definition) is 0. The largest absolute Gasteiger partial charge is 0.459 e. The number of aromatic nitrogens is 1. The van der Waals surface area contributed by atoms with Gasteiger partial charge in [-0.3, -0.25) is 4.98 Å². The van der Waals surface area contributed by atoms with E-state index in [9.17, 15) is 4.79 Å². The quantitative estimate of drug-likeness (QED) is 0.492. The van der Waals surface area contributed by atoms with Gasteiger partial charge in [0.1, 0.15) is 0 Å². The number of nitrogens with zero attached hydrogens (tertiary/aromatic N) is 1. The van der Waals surface area contributed by atoms with Gasteiger partial charge in [0.15, 0.2) is 0 Å². The van der Waals surface area contributed by atoms with Crippen molar-refractivity contribution in [1.82, 2.24) is 4.98 Å². The van der Waals surface area contributed by atoms with E-state index in [2.05, 4.69) is 21.6 Å². The second kappa shape index (κ2) is 4.45. The summed E-state index contributed by atoms with van der Waals surface area (Å²) in [5.41, 5.74) is 1.68. The van der Waals surface area contributed by atoms with Crippen molar-refractivity contribution in [3.63, 3.8) is 0 Å². The van der Waals surface area contributed by atoms with Crippen LogP contribution >= 0.6 is 0 Å². The van der Waals surface area contributed by atoms with E-state index < -0.39 is 5.97 Å². The highest BCUT2D eigenvalue weighted by Gasteiger charge is 1.95. The van der Waals surface area contributed by atoms with Crippen LogP contribution in [0.1, 0.15) is 5.56 Å². The number of fused-ring (bicyclic) bond motifs is 1. The standard InChI is InChI=1S/C13H9NO2/c1-16-13(15)7-5-10-4-6-12-11(9-10)3-2-8-14-12/h2-4,6,8-9H,1H3. The average molecular weight is 211 g/mol. The molecular formula is C13H9NO2. The maximum Gasteiger partial charge on any atom is 0.384 e. The van der Waals surface area contributed by atoms with E-state index in [-0.39, 0.29) is 0 Å². The molecular weight excluding hydrogens is 202 g/mol. The molecule has 16 heavy (non-hydrogen) atoms. The Labute approximate surface area is 93.1 Å². The van der Waals surface area contributed by atoms with E-state index in [1.54, 1.807) is 6.20 Å². The number of ether oxygens (including phenoxy) is 1. The molecule has 1 heterocycles. The summed E-state index contributed by atoms with van der Waals surface area (Å²) in [4.78, 5) is 15.0. The van der Waals surface area contributed by atoms with Gasteiger partial charge in [0.2, 0.25) is 0 Å². The lowest BCUT2D eigenvalue weighted by Crippen LogP contribution is -1.94. The predicted molar refractivity (Wildman–Crippen MR) is 60.6 cm³/mol. The minimum atomic E-state index is -0.536. The van der Waals surface area contributed by atoms with Crippen LogP contribution in [0.4, 0.5) is 0 Å². The van der Waals surface area contributed by atoms with Crippen LogP contribution in [-0.4, -0.2) is 18.1 Å². The summed E-state index contributed by atoms with van der Waals surface area (Å²) in [5.74, 6) is 4.58. The minimum Gasteiger partial charge on any atom is -0.459 e. The molecule has 1 aromatic carbocycles. The van der Waals surface area contributed by atoms with Crippen molar-refractivity contribution in [2.45, 2.75) is 0 Å². The highest BCUT2D eigenvalue weighted by Crippen LogP contribution is 2.12. The van der Waals surface area contributed by atoms with Crippen LogP contribution in [0.5, 0.6) is 0 Å². The van der Waals surface area contributed by atoms with Crippen molar-refractivity contribution >= 4 is 16.9 Å². The first-order valence-electron chi connectivity index (χ1n) is 4.74. The van der Waals surface area contributed by atoms with Crippen LogP contribution in [0.2, 0.25) is 0 Å². The second-order valence-electron chi connectivity index (χ2n) is 3.15. The number of pyridine rings is 1. The second-order valence-corrected chi connectivity index (χ2v) is 3.15. The van der Waals surface area contributed by atoms with E-state index in [1.807, 2.05) is 30.3 Å². The first kappa shape index (κ1) is 10.2. The molecule has 0 fully saturated rings. The monoisotopic (exact) mass is 211 g/mol. The van der Waals surface area contributed by atoms with E-state index in [4.69, 9.17) is 0 Å². The maximum absolute atomic E-state index is 10.8. The predicted octanol–water partition coefficient (Wildman–Crippen LogP) is 1.76. The van der Waals surface area contributed by atoms with Crippen LogP contribution in [0.25, 0.3) is 10.9 Å². The summed E-state index contributed by atoms with van der Waals surface area (Å²) in [7, 11) is 1.31. The summed E-state index contributed by atoms with van der Waals surface area (Å²) in [6, 6.07) is 9.39. The van der Waals surface area contributed by atoms with Gasteiger partial charge in [0, 0.05) is 23.1 Å². The third-order valence-electron chi connectivity index (χ3n) is 2.10. The Morgan fingerprint density at radius 1 is 1.38 bits per heavy atom. The summed E-state index contributed by atoms with van der Waals surface area (Å²) < 4.78 is 4.43. The summed E-state index contributed by atoms with van der Waals surface area (Å²) in [6.07, 6.45) is 1.74. The van der Waals surface area contributed by atoms with Gasteiger partial charge in [-0.15, -0.1) is 0 Å². The number of esters is 1. The molecule has 0 aliphatic rings. The van der Waals surface area contributed by atoms with Crippen LogP contribution in [0.3, 0.4) is 0 Å². The summed E-state index contributed by atoms with van der Waals surface area (Å²) >= 11 is 0. The Kier molecular flexibility index (Phi) is 2.84. The molecule has 0 amide bonds. The van der Waals surface area contributed by atoms with Crippen molar-refractivity contribution in [3.05, 3.63) is 42.1 Å². The number of carbonyl (C=O) groups excluding carboxylic acids is 1. The number of rotatable bonds is 0. The minimum absolute atomic E-state index is 0.536. The van der Waals surface area contributed by atoms with E-state index in [0.717, 1.165) is 16.5 Å². The Balaban J connectivity index is 2.39. The third kappa shape index (κ3) is 2.18. The summed E-state index contributed by atoms with van der Waals surface area (Å²) in [6.45, 7) is 0. The van der Waals surface area contributed by atoms with E-state index in [1.165, 1.54) is 7.11 Å². The van der Waals surface area contributed by atoms with Crippen LogP contribution in [0, 0.1) is 11.8 Å². The molecule has 0 radical (unpaired) electrons. The molecule has 3 nitrogen and oxygen atoms in total. The molecule has 2 aromatic rings. The Morgan fingerprint density at radius 2 is 2.25 bits per heavy atom. The normalized spacial score (nSPS) is 9.31. The highest BCUT2D eigenvalue weighted by atomic mass is 16.5. The topological polar surface area (TPSA) is 39.2 Å². The molecule has 0 atom stereocenters. The highest BCUT2D eigenvalue weighted by molar-refractivity contribution is 5.89. The Morgan fingerprint density at radius 3 is 3.06 bits per heavy atom. The summed E-state index contributed by atoms with van der Waals surface area (Å²) in [5, 5.41) is 0.999. The Bertz CT molecular complexity index is 593. The lowest BCUT2D eigenvalue weighted by atomic mass is 10.1. The fraction of sp³-hybridized carbons (Fsp3) is 0.0769. The lowest BCUT2D eigenvalue weighted by molar-refractivity contribution is -0.133. The molecule has 0 unspecified atom stereocenters. The van der Waals surface area contributed by atoms with Crippen molar-refractivity contribution in [3.8, 4) is 11.8 Å². The molecule has 0 bridgehead atoms. The number of methoxy groups -OCH3 is 1. The molecule has 78 valence electrons. The van der Waals surface area contributed by atoms with Gasteiger partial charge in [-0.05, 0) is 24.3 Å². The molecule has 1 aromatic heterocycles. The third-order valence-corrected chi connectivity index (χ3v) is 2.10. The molecule has 0 saturated carbocycles. The first-order chi connectivity index (χ1) is 7.79. The zero-order valence-electron chi connectivity index (χ0n) is 8.73. The number of hydrogen-bond acceptors (Lipinski definition) is 3. The SMILES string of the molecule is COC(=O)C#Cc1ccc2ncccc2c1. The smallest absolute Gasteiger partial charge is 0.384 e. The molecule has 2 rings (SSSR count). The molecule has 0 aliphatic heterocycles. The van der Waals surface area contributed by atoms with E-state index in [0.29, 0.717) is 0 Å². The van der Waals surface area contributed by atoms with Crippen molar-refractivity contribution in [1.29, 1.82) is 0 Å². The maximum atomic E-state index is 10.8. The van der Waals surface area contributed by atoms with Gasteiger partial charge in [-0.25, -0.2) is 4.79 Å². The van der Waals surface area contributed by atoms with E-state index >= 15 is 0 Å². The van der Waals surface area contributed by atoms with Gasteiger partial charge < -0.3 is 4.74 Å². The van der Waals surface area contributed by atoms with Crippen molar-refractivity contribution in [2.75, 3.05) is 7.11 Å². The van der Waals surface area contributed by atoms with Gasteiger partial charge in [-0.1, -0.05) is 12.0 Å². The van der Waals surface area contributed by atoms with Gasteiger partial charge in [0.25, 0.3) is 0 Å². The number of carbonyl (C=O) groups is 1. The molecule has 3 heteroatoms. The molecule has 0 saturated heterocycles. The average Bonchev–Trinajstić information content (AvgIpc) is 2.35. The van der Waals surface area contributed by atoms with Crippen LogP contribution < -0.4 is 0 Å². The van der Waals surface area contributed by atoms with Gasteiger partial charge in [-0.2, -0.15) is 0 Å². The van der Waals surface area contributed by atoms with Crippen molar-refractivity contribution in [2.24, 2.45) is 0 Å². The number of benzene rings is 1. The van der Waals surface area contributed by atoms with Gasteiger partial charge >= 0.3 is 5.97 Å². The van der Waals surface area contributed by atoms with Crippen LogP contribution in [0.15, 0.2) is 36.5 Å². The van der Waals surface area contributed by atoms with Crippen LogP contribution in [-0.2, 0) is 9.53 Å². The Hall–Kier alpha value is -2.34. The van der Waals surface area contributed by atoms with Gasteiger partial charge in [0.05, 0.1) is 12.6 Å². The van der Waals surface area contributed by atoms with Crippen molar-refractivity contribution < 1.29 is 9.53 Å². The first-order valence-corrected chi connectivity index (χ1v) is 4.74. The fourth-order valence-electron chi connectivity index (χ4n) is 1.33. The molecule has 0 N–H and O–H groups in total. The fourth-order valence-corrected chi connectivity index (χ4v) is 1.33. The molecule has 0 aliphatic carbocycles. The zero-order chi connectivity index (χ0) is 11.4. The lowest BCUT2D eigenvalue weighted by Gasteiger charge is -1.96.